The molecule has 1 aliphatic rings. The van der Waals surface area contributed by atoms with Crippen LogP contribution in [0.2, 0.25) is 0 Å². The maximum Gasteiger partial charge on any atom is 0.301 e. The Balaban J connectivity index is 2.01. The van der Waals surface area contributed by atoms with E-state index in [4.69, 9.17) is 10.00 Å². The van der Waals surface area contributed by atoms with Crippen LogP contribution in [0.25, 0.3) is 0 Å². The van der Waals surface area contributed by atoms with Gasteiger partial charge >= 0.3 is 10.2 Å². The molecule has 1 aliphatic heterocycles. The second kappa shape index (κ2) is 5.91. The molecule has 6 nitrogen and oxygen atoms in total. The van der Waals surface area contributed by atoms with Crippen LogP contribution in [0.15, 0.2) is 24.3 Å². The van der Waals surface area contributed by atoms with Gasteiger partial charge in [0, 0.05) is 13.1 Å². The lowest BCUT2D eigenvalue weighted by molar-refractivity contribution is 0.368. The maximum absolute atomic E-state index is 12.0. The van der Waals surface area contributed by atoms with Gasteiger partial charge in [-0.2, -0.15) is 18.0 Å². The molecule has 1 fully saturated rings. The summed E-state index contributed by atoms with van der Waals surface area (Å²) in [6.07, 6.45) is 1.81. The molecule has 0 aromatic heterocycles. The molecule has 1 aromatic carbocycles. The van der Waals surface area contributed by atoms with Crippen LogP contribution < -0.4 is 9.46 Å². The lowest BCUT2D eigenvalue weighted by Crippen LogP contribution is -2.33. The highest BCUT2D eigenvalue weighted by Gasteiger charge is 2.24. The number of nitrogens with one attached hydrogen (secondary N) is 1. The van der Waals surface area contributed by atoms with Crippen LogP contribution in [0.4, 0.5) is 5.69 Å². The van der Waals surface area contributed by atoms with Gasteiger partial charge < -0.3 is 4.74 Å². The van der Waals surface area contributed by atoms with Crippen molar-refractivity contribution in [3.8, 4) is 11.8 Å². The molecule has 0 amide bonds. The SMILES string of the molecule is N#CCOc1ccc(NS(=O)(=O)N2CCCC2)cc1. The predicted octanol–water partition coefficient (Wildman–Crippen LogP) is 1.34. The number of ether oxygens (including phenoxy) is 1. The van der Waals surface area contributed by atoms with Gasteiger partial charge in [-0.3, -0.25) is 4.72 Å². The Hall–Kier alpha value is -1.78. The summed E-state index contributed by atoms with van der Waals surface area (Å²) in [7, 11) is -3.45. The summed E-state index contributed by atoms with van der Waals surface area (Å²) in [6.45, 7) is 1.11. The van der Waals surface area contributed by atoms with E-state index in [1.165, 1.54) is 4.31 Å². The van der Waals surface area contributed by atoms with E-state index in [9.17, 15) is 8.42 Å². The van der Waals surface area contributed by atoms with Crippen molar-refractivity contribution in [3.05, 3.63) is 24.3 Å². The number of rotatable bonds is 5. The Morgan fingerprint density at radius 3 is 2.47 bits per heavy atom. The van der Waals surface area contributed by atoms with Gasteiger partial charge in [-0.15, -0.1) is 0 Å². The van der Waals surface area contributed by atoms with Gasteiger partial charge in [-0.25, -0.2) is 0 Å². The smallest absolute Gasteiger partial charge is 0.301 e. The van der Waals surface area contributed by atoms with Crippen LogP contribution in [0.5, 0.6) is 5.75 Å². The molecule has 102 valence electrons. The van der Waals surface area contributed by atoms with Crippen LogP contribution in [0.1, 0.15) is 12.8 Å². The van der Waals surface area contributed by atoms with Crippen molar-refractivity contribution >= 4 is 15.9 Å². The van der Waals surface area contributed by atoms with Crippen molar-refractivity contribution in [2.75, 3.05) is 24.4 Å². The van der Waals surface area contributed by atoms with Gasteiger partial charge in [0.05, 0.1) is 5.69 Å². The molecule has 0 radical (unpaired) electrons. The fourth-order valence-corrected chi connectivity index (χ4v) is 3.18. The third kappa shape index (κ3) is 3.59. The number of hydrogen-bond acceptors (Lipinski definition) is 4. The second-order valence-electron chi connectivity index (χ2n) is 4.18. The third-order valence-corrected chi connectivity index (χ3v) is 4.35. The first-order valence-corrected chi connectivity index (χ1v) is 7.43. The minimum atomic E-state index is -3.45. The van der Waals surface area contributed by atoms with E-state index in [0.717, 1.165) is 12.8 Å². The maximum atomic E-state index is 12.0. The second-order valence-corrected chi connectivity index (χ2v) is 5.86. The monoisotopic (exact) mass is 281 g/mol. The van der Waals surface area contributed by atoms with Crippen LogP contribution in [-0.4, -0.2) is 32.4 Å². The van der Waals surface area contributed by atoms with Crippen LogP contribution in [0, 0.1) is 11.3 Å². The number of anilines is 1. The average molecular weight is 281 g/mol. The van der Waals surface area contributed by atoms with Gasteiger partial charge in [0.2, 0.25) is 0 Å². The third-order valence-electron chi connectivity index (χ3n) is 2.81. The highest BCUT2D eigenvalue weighted by atomic mass is 32.2. The first kappa shape index (κ1) is 13.6. The molecule has 1 N–H and O–H groups in total. The summed E-state index contributed by atoms with van der Waals surface area (Å²) >= 11 is 0. The van der Waals surface area contributed by atoms with E-state index in [2.05, 4.69) is 4.72 Å². The molecular weight excluding hydrogens is 266 g/mol. The van der Waals surface area contributed by atoms with Crippen molar-refractivity contribution in [1.82, 2.24) is 4.31 Å². The standard InChI is InChI=1S/C12H15N3O3S/c13-7-10-18-12-5-3-11(4-6-12)14-19(16,17)15-8-1-2-9-15/h3-6,14H,1-2,8-10H2. The Morgan fingerprint density at radius 2 is 1.89 bits per heavy atom. The van der Waals surface area contributed by atoms with E-state index < -0.39 is 10.2 Å². The lowest BCUT2D eigenvalue weighted by Gasteiger charge is -2.16. The van der Waals surface area contributed by atoms with Gasteiger partial charge in [0.1, 0.15) is 11.8 Å². The fraction of sp³-hybridized carbons (Fsp3) is 0.417. The predicted molar refractivity (Wildman–Crippen MR) is 70.9 cm³/mol. The van der Waals surface area contributed by atoms with E-state index >= 15 is 0 Å². The molecular formula is C12H15N3O3S. The summed E-state index contributed by atoms with van der Waals surface area (Å²) < 4.78 is 33.0. The molecule has 1 heterocycles. The molecule has 2 rings (SSSR count). The first-order valence-electron chi connectivity index (χ1n) is 5.99. The Morgan fingerprint density at radius 1 is 1.26 bits per heavy atom. The fourth-order valence-electron chi connectivity index (χ4n) is 1.88. The molecule has 1 aromatic rings. The zero-order valence-electron chi connectivity index (χ0n) is 10.4. The molecule has 0 saturated carbocycles. The molecule has 1 saturated heterocycles. The summed E-state index contributed by atoms with van der Waals surface area (Å²) in [5, 5.41) is 8.38. The van der Waals surface area contributed by atoms with Crippen molar-refractivity contribution in [1.29, 1.82) is 5.26 Å². The van der Waals surface area contributed by atoms with Crippen LogP contribution in [0.3, 0.4) is 0 Å². The Kier molecular flexibility index (Phi) is 4.24. The number of nitrogens with zero attached hydrogens (tertiary/aromatic N) is 2. The first-order chi connectivity index (χ1) is 9.12. The highest BCUT2D eigenvalue weighted by Crippen LogP contribution is 2.19. The minimum absolute atomic E-state index is 0.0289. The molecule has 7 heteroatoms. The number of hydrogen-bond donors (Lipinski definition) is 1. The zero-order chi connectivity index (χ0) is 13.7. The quantitative estimate of drug-likeness (QED) is 0.883. The summed E-state index contributed by atoms with van der Waals surface area (Å²) in [5.74, 6) is 0.533. The van der Waals surface area contributed by atoms with Gasteiger partial charge in [-0.05, 0) is 37.1 Å². The van der Waals surface area contributed by atoms with Crippen LogP contribution in [-0.2, 0) is 10.2 Å². The molecule has 0 spiro atoms. The molecule has 0 aliphatic carbocycles. The van der Waals surface area contributed by atoms with Gasteiger partial charge in [-0.1, -0.05) is 0 Å². The minimum Gasteiger partial charge on any atom is -0.479 e. The number of benzene rings is 1. The summed E-state index contributed by atoms with van der Waals surface area (Å²) in [5.41, 5.74) is 0.483. The highest BCUT2D eigenvalue weighted by molar-refractivity contribution is 7.90. The Labute approximate surface area is 112 Å². The van der Waals surface area contributed by atoms with Gasteiger partial charge in [0.15, 0.2) is 6.61 Å². The van der Waals surface area contributed by atoms with Crippen molar-refractivity contribution in [2.45, 2.75) is 12.8 Å². The lowest BCUT2D eigenvalue weighted by atomic mass is 10.3. The van der Waals surface area contributed by atoms with E-state index in [1.54, 1.807) is 24.3 Å². The average Bonchev–Trinajstić information content (AvgIpc) is 2.92. The van der Waals surface area contributed by atoms with Gasteiger partial charge in [0.25, 0.3) is 0 Å². The molecule has 0 atom stereocenters. The van der Waals surface area contributed by atoms with E-state index in [1.807, 2.05) is 6.07 Å². The Bertz CT molecular complexity index is 557. The van der Waals surface area contributed by atoms with Crippen molar-refractivity contribution in [3.63, 3.8) is 0 Å². The van der Waals surface area contributed by atoms with Crippen molar-refractivity contribution in [2.24, 2.45) is 0 Å². The largest absolute Gasteiger partial charge is 0.479 e. The van der Waals surface area contributed by atoms with Crippen LogP contribution >= 0.6 is 0 Å². The topological polar surface area (TPSA) is 82.4 Å². The number of nitriles is 1. The summed E-state index contributed by atoms with van der Waals surface area (Å²) in [6, 6.07) is 8.34. The molecule has 0 bridgehead atoms. The normalized spacial score (nSPS) is 15.9. The van der Waals surface area contributed by atoms with Crippen molar-refractivity contribution < 1.29 is 13.2 Å². The molecule has 19 heavy (non-hydrogen) atoms. The zero-order valence-corrected chi connectivity index (χ0v) is 11.2. The van der Waals surface area contributed by atoms with E-state index in [-0.39, 0.29) is 6.61 Å². The molecule has 0 unspecified atom stereocenters. The summed E-state index contributed by atoms with van der Waals surface area (Å²) in [4.78, 5) is 0. The van der Waals surface area contributed by atoms with E-state index in [0.29, 0.717) is 24.5 Å².